The van der Waals surface area contributed by atoms with Crippen molar-refractivity contribution in [1.29, 1.82) is 0 Å². The highest BCUT2D eigenvalue weighted by molar-refractivity contribution is 6.30. The molecule has 5 nitrogen and oxygen atoms in total. The first kappa shape index (κ1) is 17.7. The molecular formula is C19H23ClN4O. The maximum atomic E-state index is 12.5. The predicted molar refractivity (Wildman–Crippen MR) is 99.9 cm³/mol. The van der Waals surface area contributed by atoms with Crippen LogP contribution in [-0.4, -0.2) is 47.0 Å². The molecule has 25 heavy (non-hydrogen) atoms. The van der Waals surface area contributed by atoms with E-state index in [2.05, 4.69) is 20.9 Å². The number of hydrogen-bond donors (Lipinski definition) is 0. The number of halogens is 1. The standard InChI is InChI=1S/C19H23ClN4O/c1-14-4-3-5-15(10-14)11-18(25)24-8-6-17(7-9-24)23(2)19-21-12-16(20)13-22-19/h3-5,10,12-13,17H,6-9,11H2,1-2H3. The van der Waals surface area contributed by atoms with Gasteiger partial charge in [-0.05, 0) is 25.3 Å². The largest absolute Gasteiger partial charge is 0.342 e. The van der Waals surface area contributed by atoms with Gasteiger partial charge >= 0.3 is 0 Å². The first-order valence-electron chi connectivity index (χ1n) is 8.56. The molecule has 1 aromatic heterocycles. The van der Waals surface area contributed by atoms with Gasteiger partial charge in [-0.1, -0.05) is 41.4 Å². The summed E-state index contributed by atoms with van der Waals surface area (Å²) in [5.74, 6) is 0.878. The number of anilines is 1. The number of likely N-dealkylation sites (tertiary alicyclic amines) is 1. The third-order valence-electron chi connectivity index (χ3n) is 4.72. The summed E-state index contributed by atoms with van der Waals surface area (Å²) in [6, 6.07) is 8.49. The summed E-state index contributed by atoms with van der Waals surface area (Å²) in [6.07, 6.45) is 5.54. The quantitative estimate of drug-likeness (QED) is 0.842. The summed E-state index contributed by atoms with van der Waals surface area (Å²) in [5, 5.41) is 0.536. The van der Waals surface area contributed by atoms with Gasteiger partial charge < -0.3 is 9.80 Å². The second kappa shape index (κ2) is 7.83. The highest BCUT2D eigenvalue weighted by atomic mass is 35.5. The molecule has 1 saturated heterocycles. The Bertz CT molecular complexity index is 726. The van der Waals surface area contributed by atoms with Gasteiger partial charge in [0.1, 0.15) is 0 Å². The van der Waals surface area contributed by atoms with E-state index in [4.69, 9.17) is 11.6 Å². The first-order valence-corrected chi connectivity index (χ1v) is 8.94. The van der Waals surface area contributed by atoms with Crippen molar-refractivity contribution in [3.63, 3.8) is 0 Å². The number of carbonyl (C=O) groups is 1. The minimum Gasteiger partial charge on any atom is -0.342 e. The Morgan fingerprint density at radius 3 is 2.60 bits per heavy atom. The molecule has 0 atom stereocenters. The summed E-state index contributed by atoms with van der Waals surface area (Å²) in [6.45, 7) is 3.59. The molecule has 2 heterocycles. The molecule has 0 aliphatic carbocycles. The zero-order valence-corrected chi connectivity index (χ0v) is 15.4. The third-order valence-corrected chi connectivity index (χ3v) is 4.92. The Morgan fingerprint density at radius 2 is 1.96 bits per heavy atom. The van der Waals surface area contributed by atoms with Gasteiger partial charge in [0, 0.05) is 26.2 Å². The van der Waals surface area contributed by atoms with Crippen molar-refractivity contribution < 1.29 is 4.79 Å². The molecule has 6 heteroatoms. The Morgan fingerprint density at radius 1 is 1.28 bits per heavy atom. The number of benzene rings is 1. The van der Waals surface area contributed by atoms with Crippen molar-refractivity contribution in [1.82, 2.24) is 14.9 Å². The summed E-state index contributed by atoms with van der Waals surface area (Å²) in [4.78, 5) is 25.1. The summed E-state index contributed by atoms with van der Waals surface area (Å²) < 4.78 is 0. The highest BCUT2D eigenvalue weighted by Gasteiger charge is 2.26. The van der Waals surface area contributed by atoms with Crippen molar-refractivity contribution in [2.24, 2.45) is 0 Å². The van der Waals surface area contributed by atoms with E-state index in [1.807, 2.05) is 37.1 Å². The fraction of sp³-hybridized carbons (Fsp3) is 0.421. The lowest BCUT2D eigenvalue weighted by Gasteiger charge is -2.36. The zero-order valence-electron chi connectivity index (χ0n) is 14.7. The Kier molecular flexibility index (Phi) is 5.53. The number of aryl methyl sites for hydroxylation is 1. The predicted octanol–water partition coefficient (Wildman–Crippen LogP) is 3.11. The fourth-order valence-electron chi connectivity index (χ4n) is 3.26. The molecule has 0 radical (unpaired) electrons. The molecule has 3 rings (SSSR count). The van der Waals surface area contributed by atoms with Crippen LogP contribution in [0, 0.1) is 6.92 Å². The smallest absolute Gasteiger partial charge is 0.226 e. The highest BCUT2D eigenvalue weighted by Crippen LogP contribution is 2.20. The summed E-state index contributed by atoms with van der Waals surface area (Å²) >= 11 is 5.84. The maximum Gasteiger partial charge on any atom is 0.226 e. The number of piperidine rings is 1. The Hall–Kier alpha value is -2.14. The van der Waals surface area contributed by atoms with E-state index in [-0.39, 0.29) is 5.91 Å². The average molecular weight is 359 g/mol. The molecule has 0 N–H and O–H groups in total. The average Bonchev–Trinajstić information content (AvgIpc) is 2.62. The molecule has 0 unspecified atom stereocenters. The van der Waals surface area contributed by atoms with Crippen LogP contribution in [0.25, 0.3) is 0 Å². The van der Waals surface area contributed by atoms with Crippen molar-refractivity contribution in [2.75, 3.05) is 25.0 Å². The number of carbonyl (C=O) groups excluding carboxylic acids is 1. The summed E-state index contributed by atoms with van der Waals surface area (Å²) in [5.41, 5.74) is 2.27. The van der Waals surface area contributed by atoms with Crippen LogP contribution in [0.15, 0.2) is 36.7 Å². The number of amides is 1. The van der Waals surface area contributed by atoms with Crippen LogP contribution in [-0.2, 0) is 11.2 Å². The van der Waals surface area contributed by atoms with Gasteiger partial charge in [-0.15, -0.1) is 0 Å². The first-order chi connectivity index (χ1) is 12.0. The van der Waals surface area contributed by atoms with E-state index >= 15 is 0 Å². The van der Waals surface area contributed by atoms with Crippen LogP contribution >= 0.6 is 11.6 Å². The van der Waals surface area contributed by atoms with Crippen molar-refractivity contribution in [3.8, 4) is 0 Å². The lowest BCUT2D eigenvalue weighted by molar-refractivity contribution is -0.131. The molecule has 2 aromatic rings. The number of nitrogens with zero attached hydrogens (tertiary/aromatic N) is 4. The topological polar surface area (TPSA) is 49.3 Å². The molecule has 1 aliphatic rings. The van der Waals surface area contributed by atoms with Crippen LogP contribution in [0.5, 0.6) is 0 Å². The van der Waals surface area contributed by atoms with Crippen molar-refractivity contribution in [3.05, 3.63) is 52.8 Å². The molecule has 1 amide bonds. The minimum atomic E-state index is 0.203. The van der Waals surface area contributed by atoms with Gasteiger partial charge in [0.2, 0.25) is 11.9 Å². The van der Waals surface area contributed by atoms with E-state index < -0.39 is 0 Å². The molecule has 132 valence electrons. The zero-order chi connectivity index (χ0) is 17.8. The normalized spacial score (nSPS) is 15.2. The second-order valence-electron chi connectivity index (χ2n) is 6.59. The number of rotatable bonds is 4. The van der Waals surface area contributed by atoms with E-state index in [9.17, 15) is 4.79 Å². The monoisotopic (exact) mass is 358 g/mol. The molecule has 0 spiro atoms. The fourth-order valence-corrected chi connectivity index (χ4v) is 3.36. The Labute approximate surface area is 153 Å². The van der Waals surface area contributed by atoms with Crippen LogP contribution in [0.1, 0.15) is 24.0 Å². The van der Waals surface area contributed by atoms with Crippen LogP contribution < -0.4 is 4.90 Å². The molecule has 1 aliphatic heterocycles. The minimum absolute atomic E-state index is 0.203. The van der Waals surface area contributed by atoms with E-state index in [1.165, 1.54) is 5.56 Å². The van der Waals surface area contributed by atoms with Crippen LogP contribution in [0.3, 0.4) is 0 Å². The molecule has 1 aromatic carbocycles. The number of hydrogen-bond acceptors (Lipinski definition) is 4. The van der Waals surface area contributed by atoms with Gasteiger partial charge in [-0.2, -0.15) is 0 Å². The molecule has 0 bridgehead atoms. The van der Waals surface area contributed by atoms with Gasteiger partial charge in [-0.3, -0.25) is 4.79 Å². The van der Waals surface area contributed by atoms with E-state index in [0.717, 1.165) is 31.5 Å². The van der Waals surface area contributed by atoms with Gasteiger partial charge in [0.25, 0.3) is 0 Å². The van der Waals surface area contributed by atoms with E-state index in [0.29, 0.717) is 23.4 Å². The Balaban J connectivity index is 1.54. The SMILES string of the molecule is Cc1cccc(CC(=O)N2CCC(N(C)c3ncc(Cl)cn3)CC2)c1. The lowest BCUT2D eigenvalue weighted by Crippen LogP contribution is -2.46. The molecule has 1 fully saturated rings. The lowest BCUT2D eigenvalue weighted by atomic mass is 10.0. The van der Waals surface area contributed by atoms with Gasteiger partial charge in [-0.25, -0.2) is 9.97 Å². The van der Waals surface area contributed by atoms with Gasteiger partial charge in [0.05, 0.1) is 23.8 Å². The third kappa shape index (κ3) is 4.48. The maximum absolute atomic E-state index is 12.5. The molecular weight excluding hydrogens is 336 g/mol. The summed E-state index contributed by atoms with van der Waals surface area (Å²) in [7, 11) is 2.00. The molecule has 0 saturated carbocycles. The van der Waals surface area contributed by atoms with Crippen LogP contribution in [0.4, 0.5) is 5.95 Å². The van der Waals surface area contributed by atoms with E-state index in [1.54, 1.807) is 12.4 Å². The second-order valence-corrected chi connectivity index (χ2v) is 7.03. The van der Waals surface area contributed by atoms with Crippen molar-refractivity contribution >= 4 is 23.5 Å². The van der Waals surface area contributed by atoms with Crippen LogP contribution in [0.2, 0.25) is 5.02 Å². The van der Waals surface area contributed by atoms with Crippen molar-refractivity contribution in [2.45, 2.75) is 32.2 Å². The number of aromatic nitrogens is 2. The van der Waals surface area contributed by atoms with Gasteiger partial charge in [0.15, 0.2) is 0 Å².